The molecule has 0 spiro atoms. The molecule has 3 heterocycles. The molecule has 0 saturated heterocycles. The van der Waals surface area contributed by atoms with Gasteiger partial charge in [0.2, 0.25) is 0 Å². The van der Waals surface area contributed by atoms with Crippen molar-refractivity contribution in [3.05, 3.63) is 75.5 Å². The molecule has 10 heteroatoms. The van der Waals surface area contributed by atoms with Crippen LogP contribution >= 0.6 is 38.6 Å². The molecule has 0 N–H and O–H groups in total. The number of thiophene rings is 1. The maximum absolute atomic E-state index is 13.6. The SMILES string of the molecule is CCOC(=O)C1=C(C)N=c2s/c(=C\c3ccc(Br)s3)c(=O)n2[C@@H]1c1cc(OC)ccc1OC. The topological polar surface area (TPSA) is 79.1 Å². The maximum atomic E-state index is 13.6. The van der Waals surface area contributed by atoms with E-state index in [-0.39, 0.29) is 12.2 Å². The standard InChI is InChI=1S/C23H21BrN2O5S2/c1-5-31-22(28)19-12(2)25-23-26(20(19)15-10-13(29-3)6-8-16(15)30-4)21(27)17(33-23)11-14-7-9-18(24)32-14/h6-11,20H,5H2,1-4H3/b17-11-/t20-/m1/s1. The summed E-state index contributed by atoms with van der Waals surface area (Å²) in [5.74, 6) is 0.577. The van der Waals surface area contributed by atoms with Gasteiger partial charge < -0.3 is 14.2 Å². The van der Waals surface area contributed by atoms with Gasteiger partial charge in [-0.1, -0.05) is 11.3 Å². The first kappa shape index (κ1) is 23.5. The zero-order chi connectivity index (χ0) is 23.7. The molecule has 4 rings (SSSR count). The molecule has 0 aliphatic carbocycles. The van der Waals surface area contributed by atoms with E-state index in [9.17, 15) is 9.59 Å². The first-order valence-electron chi connectivity index (χ1n) is 10.0. The lowest BCUT2D eigenvalue weighted by Crippen LogP contribution is -2.40. The number of allylic oxidation sites excluding steroid dienone is 1. The number of nitrogens with zero attached hydrogens (tertiary/aromatic N) is 2. The van der Waals surface area contributed by atoms with Gasteiger partial charge >= 0.3 is 5.97 Å². The minimum Gasteiger partial charge on any atom is -0.497 e. The van der Waals surface area contributed by atoms with Gasteiger partial charge in [0.05, 0.1) is 40.4 Å². The van der Waals surface area contributed by atoms with Crippen LogP contribution in [0.15, 0.2) is 55.2 Å². The van der Waals surface area contributed by atoms with Crippen molar-refractivity contribution in [2.45, 2.75) is 19.9 Å². The molecule has 0 fully saturated rings. The number of methoxy groups -OCH3 is 2. The number of carbonyl (C=O) groups is 1. The number of ether oxygens (including phenoxy) is 3. The van der Waals surface area contributed by atoms with Gasteiger partial charge in [-0.25, -0.2) is 9.79 Å². The molecule has 0 saturated carbocycles. The zero-order valence-electron chi connectivity index (χ0n) is 18.4. The summed E-state index contributed by atoms with van der Waals surface area (Å²) in [6, 6.07) is 8.38. The monoisotopic (exact) mass is 548 g/mol. The number of halogens is 1. The number of carbonyl (C=O) groups excluding carboxylic acids is 1. The van der Waals surface area contributed by atoms with Crippen molar-refractivity contribution in [1.29, 1.82) is 0 Å². The second-order valence-electron chi connectivity index (χ2n) is 7.05. The van der Waals surface area contributed by atoms with Gasteiger partial charge in [0.15, 0.2) is 4.80 Å². The summed E-state index contributed by atoms with van der Waals surface area (Å²) in [5.41, 5.74) is 1.16. The minimum absolute atomic E-state index is 0.204. The number of esters is 1. The molecular weight excluding hydrogens is 528 g/mol. The van der Waals surface area contributed by atoms with Gasteiger partial charge in [-0.2, -0.15) is 0 Å². The largest absolute Gasteiger partial charge is 0.497 e. The van der Waals surface area contributed by atoms with E-state index in [0.717, 1.165) is 8.66 Å². The Bertz CT molecular complexity index is 1430. The van der Waals surface area contributed by atoms with Crippen LogP contribution in [0.3, 0.4) is 0 Å². The first-order chi connectivity index (χ1) is 15.9. The highest BCUT2D eigenvalue weighted by atomic mass is 79.9. The van der Waals surface area contributed by atoms with Crippen LogP contribution in [0.4, 0.5) is 0 Å². The third-order valence-corrected chi connectivity index (χ3v) is 7.67. The Balaban J connectivity index is 2.02. The number of rotatable bonds is 6. The third kappa shape index (κ3) is 4.42. The molecule has 172 valence electrons. The van der Waals surface area contributed by atoms with Gasteiger partial charge in [0.25, 0.3) is 5.56 Å². The molecule has 2 aromatic heterocycles. The molecule has 1 aromatic carbocycles. The molecule has 33 heavy (non-hydrogen) atoms. The summed E-state index contributed by atoms with van der Waals surface area (Å²) in [6.45, 7) is 3.69. The molecule has 1 aliphatic heterocycles. The lowest BCUT2D eigenvalue weighted by Gasteiger charge is -2.26. The second kappa shape index (κ2) is 9.66. The molecule has 3 aromatic rings. The highest BCUT2D eigenvalue weighted by Crippen LogP contribution is 2.37. The summed E-state index contributed by atoms with van der Waals surface area (Å²) in [7, 11) is 3.10. The van der Waals surface area contributed by atoms with Crippen LogP contribution in [0.2, 0.25) is 0 Å². The van der Waals surface area contributed by atoms with Crippen LogP contribution < -0.4 is 24.4 Å². The molecular formula is C23H21BrN2O5S2. The predicted octanol–water partition coefficient (Wildman–Crippen LogP) is 3.64. The van der Waals surface area contributed by atoms with E-state index < -0.39 is 12.0 Å². The van der Waals surface area contributed by atoms with Gasteiger partial charge in [0, 0.05) is 10.4 Å². The average Bonchev–Trinajstić information content (AvgIpc) is 3.34. The lowest BCUT2D eigenvalue weighted by atomic mass is 9.95. The van der Waals surface area contributed by atoms with Gasteiger partial charge in [0.1, 0.15) is 17.5 Å². The van der Waals surface area contributed by atoms with Crippen molar-refractivity contribution in [2.75, 3.05) is 20.8 Å². The highest BCUT2D eigenvalue weighted by molar-refractivity contribution is 9.11. The highest BCUT2D eigenvalue weighted by Gasteiger charge is 2.35. The summed E-state index contributed by atoms with van der Waals surface area (Å²) in [4.78, 5) is 32.7. The number of hydrogen-bond donors (Lipinski definition) is 0. The van der Waals surface area contributed by atoms with Crippen LogP contribution in [0.1, 0.15) is 30.3 Å². The van der Waals surface area contributed by atoms with Crippen molar-refractivity contribution in [3.63, 3.8) is 0 Å². The fraction of sp³-hybridized carbons (Fsp3) is 0.261. The van der Waals surface area contributed by atoms with Crippen LogP contribution in [-0.2, 0) is 9.53 Å². The summed E-state index contributed by atoms with van der Waals surface area (Å²) in [5, 5.41) is 0. The molecule has 7 nitrogen and oxygen atoms in total. The van der Waals surface area contributed by atoms with E-state index in [1.54, 1.807) is 46.3 Å². The van der Waals surface area contributed by atoms with E-state index in [4.69, 9.17) is 14.2 Å². The van der Waals surface area contributed by atoms with Gasteiger partial charge in [-0.05, 0) is 66.2 Å². The fourth-order valence-corrected chi connectivity index (χ4v) is 6.15. The van der Waals surface area contributed by atoms with Crippen molar-refractivity contribution in [3.8, 4) is 11.5 Å². The number of hydrogen-bond acceptors (Lipinski definition) is 8. The quantitative estimate of drug-likeness (QED) is 0.439. The smallest absolute Gasteiger partial charge is 0.338 e. The molecule has 1 atom stereocenters. The summed E-state index contributed by atoms with van der Waals surface area (Å²) < 4.78 is 19.4. The van der Waals surface area contributed by atoms with E-state index in [1.807, 2.05) is 18.2 Å². The molecule has 0 radical (unpaired) electrons. The molecule has 0 bridgehead atoms. The number of thiazole rings is 1. The van der Waals surface area contributed by atoms with Crippen molar-refractivity contribution >= 4 is 50.6 Å². The zero-order valence-corrected chi connectivity index (χ0v) is 21.6. The van der Waals surface area contributed by atoms with Crippen molar-refractivity contribution in [1.82, 2.24) is 4.57 Å². The average molecular weight is 549 g/mol. The molecule has 0 unspecified atom stereocenters. The van der Waals surface area contributed by atoms with Crippen LogP contribution in [0.5, 0.6) is 11.5 Å². The molecule has 0 amide bonds. The Kier molecular flexibility index (Phi) is 6.87. The summed E-state index contributed by atoms with van der Waals surface area (Å²) >= 11 is 6.26. The minimum atomic E-state index is -0.775. The lowest BCUT2D eigenvalue weighted by molar-refractivity contribution is -0.139. The second-order valence-corrected chi connectivity index (χ2v) is 10.6. The Hall–Kier alpha value is -2.69. The van der Waals surface area contributed by atoms with Crippen molar-refractivity contribution < 1.29 is 19.0 Å². The van der Waals surface area contributed by atoms with E-state index in [2.05, 4.69) is 20.9 Å². The number of aromatic nitrogens is 1. The predicted molar refractivity (Wildman–Crippen MR) is 132 cm³/mol. The van der Waals surface area contributed by atoms with Crippen molar-refractivity contribution in [2.24, 2.45) is 4.99 Å². The van der Waals surface area contributed by atoms with Crippen LogP contribution in [0, 0.1) is 0 Å². The number of benzene rings is 1. The van der Waals surface area contributed by atoms with E-state index in [1.165, 1.54) is 27.2 Å². The maximum Gasteiger partial charge on any atom is 0.338 e. The Morgan fingerprint density at radius 3 is 2.64 bits per heavy atom. The van der Waals surface area contributed by atoms with Crippen LogP contribution in [-0.4, -0.2) is 31.4 Å². The number of fused-ring (bicyclic) bond motifs is 1. The Labute approximate surface area is 206 Å². The normalized spacial score (nSPS) is 15.8. The third-order valence-electron chi connectivity index (χ3n) is 5.12. The Morgan fingerprint density at radius 2 is 2.00 bits per heavy atom. The van der Waals surface area contributed by atoms with Gasteiger partial charge in [-0.3, -0.25) is 9.36 Å². The van der Waals surface area contributed by atoms with Gasteiger partial charge in [-0.15, -0.1) is 11.3 Å². The van der Waals surface area contributed by atoms with E-state index >= 15 is 0 Å². The summed E-state index contributed by atoms with van der Waals surface area (Å²) in [6.07, 6.45) is 1.84. The first-order valence-corrected chi connectivity index (χ1v) is 12.5. The van der Waals surface area contributed by atoms with E-state index in [0.29, 0.717) is 37.7 Å². The molecule has 1 aliphatic rings. The Morgan fingerprint density at radius 1 is 1.21 bits per heavy atom. The fourth-order valence-electron chi connectivity index (χ4n) is 3.67. The van der Waals surface area contributed by atoms with Crippen LogP contribution in [0.25, 0.3) is 6.08 Å².